The largest absolute Gasteiger partial charge is 0.448 e. The highest BCUT2D eigenvalue weighted by Gasteiger charge is 2.06. The summed E-state index contributed by atoms with van der Waals surface area (Å²) in [6, 6.07) is 15.6. The van der Waals surface area contributed by atoms with Gasteiger partial charge in [-0.2, -0.15) is 0 Å². The maximum Gasteiger partial charge on any atom is 0.308 e. The van der Waals surface area contributed by atoms with Gasteiger partial charge in [0.05, 0.1) is 0 Å². The molecular formula is C19H17NO3. The van der Waals surface area contributed by atoms with Crippen molar-refractivity contribution in [2.24, 2.45) is 0 Å². The second-order valence-electron chi connectivity index (χ2n) is 5.18. The Bertz CT molecular complexity index is 801. The third kappa shape index (κ3) is 3.48. The predicted octanol–water partition coefficient (Wildman–Crippen LogP) is 4.50. The van der Waals surface area contributed by atoms with E-state index in [1.807, 2.05) is 43.3 Å². The lowest BCUT2D eigenvalue weighted by atomic mass is 10.0. The van der Waals surface area contributed by atoms with Crippen LogP contribution < -0.4 is 4.74 Å². The number of rotatable bonds is 4. The zero-order valence-electron chi connectivity index (χ0n) is 13.1. The van der Waals surface area contributed by atoms with Gasteiger partial charge in [0.15, 0.2) is 5.89 Å². The predicted molar refractivity (Wildman–Crippen MR) is 88.1 cm³/mol. The molecule has 0 bridgehead atoms. The van der Waals surface area contributed by atoms with Crippen molar-refractivity contribution in [3.05, 3.63) is 60.7 Å². The standard InChI is InChI=1S/C19H17NO3/c1-3-19-20-18(12-22-19)16-6-4-14(5-7-16)15-8-10-17(11-9-15)23-13(2)21/h4-12H,3H2,1-2H3. The van der Waals surface area contributed by atoms with Gasteiger partial charge < -0.3 is 9.15 Å². The molecule has 0 fully saturated rings. The molecule has 0 unspecified atom stereocenters. The summed E-state index contributed by atoms with van der Waals surface area (Å²) in [6.07, 6.45) is 2.47. The highest BCUT2D eigenvalue weighted by atomic mass is 16.5. The summed E-state index contributed by atoms with van der Waals surface area (Å²) in [5, 5.41) is 0. The molecule has 23 heavy (non-hydrogen) atoms. The molecule has 0 aliphatic heterocycles. The summed E-state index contributed by atoms with van der Waals surface area (Å²) in [4.78, 5) is 15.4. The van der Waals surface area contributed by atoms with E-state index in [0.717, 1.165) is 34.7 Å². The molecule has 0 atom stereocenters. The molecule has 3 aromatic rings. The number of ether oxygens (including phenoxy) is 1. The fourth-order valence-electron chi connectivity index (χ4n) is 2.32. The molecular weight excluding hydrogens is 290 g/mol. The van der Waals surface area contributed by atoms with E-state index in [2.05, 4.69) is 4.98 Å². The van der Waals surface area contributed by atoms with Crippen LogP contribution in [0.5, 0.6) is 5.75 Å². The van der Waals surface area contributed by atoms with E-state index >= 15 is 0 Å². The zero-order chi connectivity index (χ0) is 16.2. The topological polar surface area (TPSA) is 52.3 Å². The summed E-state index contributed by atoms with van der Waals surface area (Å²) in [5.41, 5.74) is 4.01. The Kier molecular flexibility index (Phi) is 4.24. The van der Waals surface area contributed by atoms with Crippen molar-refractivity contribution in [1.82, 2.24) is 4.98 Å². The van der Waals surface area contributed by atoms with Crippen LogP contribution in [0.25, 0.3) is 22.4 Å². The summed E-state index contributed by atoms with van der Waals surface area (Å²) < 4.78 is 10.4. The SMILES string of the molecule is CCc1nc(-c2ccc(-c3ccc(OC(C)=O)cc3)cc2)co1. The monoisotopic (exact) mass is 307 g/mol. The Morgan fingerprint density at radius 3 is 2.09 bits per heavy atom. The first kappa shape index (κ1) is 15.0. The van der Waals surface area contributed by atoms with Crippen molar-refractivity contribution >= 4 is 5.97 Å². The van der Waals surface area contributed by atoms with Gasteiger partial charge in [0, 0.05) is 18.9 Å². The average molecular weight is 307 g/mol. The van der Waals surface area contributed by atoms with Gasteiger partial charge in [-0.15, -0.1) is 0 Å². The van der Waals surface area contributed by atoms with Crippen molar-refractivity contribution < 1.29 is 13.9 Å². The third-order valence-corrected chi connectivity index (χ3v) is 3.48. The van der Waals surface area contributed by atoms with Gasteiger partial charge in [0.25, 0.3) is 0 Å². The Morgan fingerprint density at radius 2 is 1.57 bits per heavy atom. The van der Waals surface area contributed by atoms with E-state index < -0.39 is 0 Å². The van der Waals surface area contributed by atoms with Gasteiger partial charge in [-0.3, -0.25) is 4.79 Å². The number of aromatic nitrogens is 1. The Labute approximate surface area is 134 Å². The van der Waals surface area contributed by atoms with E-state index in [9.17, 15) is 4.79 Å². The molecule has 0 aliphatic carbocycles. The quantitative estimate of drug-likeness (QED) is 0.526. The number of hydrogen-bond acceptors (Lipinski definition) is 4. The van der Waals surface area contributed by atoms with E-state index in [-0.39, 0.29) is 5.97 Å². The lowest BCUT2D eigenvalue weighted by Gasteiger charge is -2.05. The highest BCUT2D eigenvalue weighted by molar-refractivity contribution is 5.71. The number of nitrogens with zero attached hydrogens (tertiary/aromatic N) is 1. The number of carbonyl (C=O) groups excluding carboxylic acids is 1. The first-order valence-electron chi connectivity index (χ1n) is 7.49. The van der Waals surface area contributed by atoms with Crippen LogP contribution in [-0.4, -0.2) is 11.0 Å². The molecule has 1 aromatic heterocycles. The van der Waals surface area contributed by atoms with E-state index in [4.69, 9.17) is 9.15 Å². The third-order valence-electron chi connectivity index (χ3n) is 3.48. The molecule has 0 saturated heterocycles. The number of benzene rings is 2. The molecule has 0 radical (unpaired) electrons. The number of oxazole rings is 1. The van der Waals surface area contributed by atoms with Gasteiger partial charge in [-0.1, -0.05) is 43.3 Å². The van der Waals surface area contributed by atoms with Crippen LogP contribution >= 0.6 is 0 Å². The Hall–Kier alpha value is -2.88. The summed E-state index contributed by atoms with van der Waals surface area (Å²) in [7, 11) is 0. The van der Waals surface area contributed by atoms with Crippen LogP contribution in [-0.2, 0) is 11.2 Å². The number of aryl methyl sites for hydroxylation is 1. The second-order valence-corrected chi connectivity index (χ2v) is 5.18. The van der Waals surface area contributed by atoms with Crippen LogP contribution in [0.4, 0.5) is 0 Å². The number of carbonyl (C=O) groups is 1. The van der Waals surface area contributed by atoms with Gasteiger partial charge in [0.2, 0.25) is 0 Å². The minimum atomic E-state index is -0.318. The van der Waals surface area contributed by atoms with Gasteiger partial charge in [0.1, 0.15) is 17.7 Å². The molecule has 0 amide bonds. The minimum Gasteiger partial charge on any atom is -0.448 e. The molecule has 0 saturated carbocycles. The van der Waals surface area contributed by atoms with Crippen LogP contribution in [0.15, 0.2) is 59.2 Å². The minimum absolute atomic E-state index is 0.318. The van der Waals surface area contributed by atoms with Gasteiger partial charge in [-0.25, -0.2) is 4.98 Å². The molecule has 0 N–H and O–H groups in total. The van der Waals surface area contributed by atoms with Crippen molar-refractivity contribution in [2.75, 3.05) is 0 Å². The molecule has 2 aromatic carbocycles. The number of hydrogen-bond donors (Lipinski definition) is 0. The molecule has 0 aliphatic rings. The van der Waals surface area contributed by atoms with Crippen LogP contribution in [0.2, 0.25) is 0 Å². The van der Waals surface area contributed by atoms with Crippen LogP contribution in [0, 0.1) is 0 Å². The van der Waals surface area contributed by atoms with Crippen molar-refractivity contribution in [3.63, 3.8) is 0 Å². The summed E-state index contributed by atoms with van der Waals surface area (Å²) in [6.45, 7) is 3.40. The summed E-state index contributed by atoms with van der Waals surface area (Å²) in [5.74, 6) is 0.971. The molecule has 0 spiro atoms. The van der Waals surface area contributed by atoms with Crippen molar-refractivity contribution in [3.8, 4) is 28.1 Å². The molecule has 116 valence electrons. The van der Waals surface area contributed by atoms with Crippen LogP contribution in [0.1, 0.15) is 19.7 Å². The molecule has 4 nitrogen and oxygen atoms in total. The highest BCUT2D eigenvalue weighted by Crippen LogP contribution is 2.26. The zero-order valence-corrected chi connectivity index (χ0v) is 13.1. The normalized spacial score (nSPS) is 10.5. The van der Waals surface area contributed by atoms with E-state index in [1.54, 1.807) is 18.4 Å². The van der Waals surface area contributed by atoms with Crippen molar-refractivity contribution in [2.45, 2.75) is 20.3 Å². The molecule has 3 rings (SSSR count). The maximum atomic E-state index is 10.9. The summed E-state index contributed by atoms with van der Waals surface area (Å²) >= 11 is 0. The maximum absolute atomic E-state index is 10.9. The number of esters is 1. The Balaban J connectivity index is 1.80. The lowest BCUT2D eigenvalue weighted by Crippen LogP contribution is -2.00. The first-order valence-corrected chi connectivity index (χ1v) is 7.49. The fraction of sp³-hybridized carbons (Fsp3) is 0.158. The van der Waals surface area contributed by atoms with Gasteiger partial charge >= 0.3 is 5.97 Å². The molecule has 4 heteroatoms. The van der Waals surface area contributed by atoms with E-state index in [1.165, 1.54) is 6.92 Å². The molecule has 1 heterocycles. The average Bonchev–Trinajstić information content (AvgIpc) is 3.04. The smallest absolute Gasteiger partial charge is 0.308 e. The first-order chi connectivity index (χ1) is 11.2. The van der Waals surface area contributed by atoms with Crippen molar-refractivity contribution in [1.29, 1.82) is 0 Å². The fourth-order valence-corrected chi connectivity index (χ4v) is 2.32. The van der Waals surface area contributed by atoms with Crippen LogP contribution in [0.3, 0.4) is 0 Å². The second kappa shape index (κ2) is 6.48. The Morgan fingerprint density at radius 1 is 1.00 bits per heavy atom. The van der Waals surface area contributed by atoms with E-state index in [0.29, 0.717) is 5.75 Å². The lowest BCUT2D eigenvalue weighted by molar-refractivity contribution is -0.131. The van der Waals surface area contributed by atoms with Gasteiger partial charge in [-0.05, 0) is 23.3 Å².